The molecular weight excluding hydrogens is 166 g/mol. The zero-order valence-electron chi connectivity index (χ0n) is 7.44. The monoisotopic (exact) mass is 179 g/mol. The van der Waals surface area contributed by atoms with Crippen molar-refractivity contribution in [3.05, 3.63) is 29.6 Å². The molecule has 3 nitrogen and oxygen atoms in total. The Hall–Kier alpha value is -1.22. The summed E-state index contributed by atoms with van der Waals surface area (Å²) >= 11 is 0. The Balaban J connectivity index is 2.51. The number of aromatic nitrogens is 1. The lowest BCUT2D eigenvalue weighted by Gasteiger charge is -1.99. The minimum atomic E-state index is 0.228. The Bertz CT molecular complexity index is 273. The molecule has 0 saturated carbocycles. The van der Waals surface area contributed by atoms with Crippen LogP contribution in [0.5, 0.6) is 0 Å². The summed E-state index contributed by atoms with van der Waals surface area (Å²) in [6, 6.07) is 3.68. The van der Waals surface area contributed by atoms with Gasteiger partial charge in [-0.1, -0.05) is 0 Å². The third-order valence-corrected chi connectivity index (χ3v) is 1.84. The van der Waals surface area contributed by atoms with Crippen LogP contribution < -0.4 is 0 Å². The van der Waals surface area contributed by atoms with Crippen molar-refractivity contribution in [2.45, 2.75) is 19.3 Å². The van der Waals surface area contributed by atoms with Crippen molar-refractivity contribution in [3.63, 3.8) is 0 Å². The van der Waals surface area contributed by atoms with Crippen molar-refractivity contribution >= 4 is 6.29 Å². The van der Waals surface area contributed by atoms with Crippen LogP contribution in [0.2, 0.25) is 0 Å². The number of carbonyl (C=O) groups excluding carboxylic acids is 1. The van der Waals surface area contributed by atoms with E-state index in [0.29, 0.717) is 5.69 Å². The average molecular weight is 179 g/mol. The van der Waals surface area contributed by atoms with E-state index in [0.717, 1.165) is 31.1 Å². The first kappa shape index (κ1) is 9.86. The molecule has 1 heterocycles. The highest BCUT2D eigenvalue weighted by Gasteiger charge is 1.95. The largest absolute Gasteiger partial charge is 0.396 e. The first-order valence-electron chi connectivity index (χ1n) is 4.38. The molecule has 0 aliphatic rings. The number of carbonyl (C=O) groups is 1. The highest BCUT2D eigenvalue weighted by molar-refractivity contribution is 5.71. The first-order valence-corrected chi connectivity index (χ1v) is 4.38. The van der Waals surface area contributed by atoms with Crippen molar-refractivity contribution in [2.24, 2.45) is 0 Å². The molecule has 0 aliphatic heterocycles. The van der Waals surface area contributed by atoms with Gasteiger partial charge in [0, 0.05) is 12.8 Å². The van der Waals surface area contributed by atoms with Crippen LogP contribution in [0.4, 0.5) is 0 Å². The molecule has 0 atom stereocenters. The molecular formula is C10H13NO2. The lowest BCUT2D eigenvalue weighted by Crippen LogP contribution is -1.92. The molecule has 0 unspecified atom stereocenters. The van der Waals surface area contributed by atoms with Gasteiger partial charge in [0.2, 0.25) is 0 Å². The van der Waals surface area contributed by atoms with Crippen LogP contribution in [0.25, 0.3) is 0 Å². The number of aldehydes is 1. The van der Waals surface area contributed by atoms with Crippen LogP contribution >= 0.6 is 0 Å². The molecule has 1 rings (SSSR count). The van der Waals surface area contributed by atoms with E-state index in [-0.39, 0.29) is 6.61 Å². The van der Waals surface area contributed by atoms with E-state index in [9.17, 15) is 4.79 Å². The number of rotatable bonds is 5. The zero-order valence-corrected chi connectivity index (χ0v) is 7.44. The summed E-state index contributed by atoms with van der Waals surface area (Å²) in [4.78, 5) is 14.3. The second-order valence-electron chi connectivity index (χ2n) is 2.89. The normalized spacial score (nSPS) is 9.92. The number of unbranched alkanes of at least 4 members (excludes halogenated alkanes) is 1. The Morgan fingerprint density at radius 2 is 2.31 bits per heavy atom. The summed E-state index contributed by atoms with van der Waals surface area (Å²) in [7, 11) is 0. The van der Waals surface area contributed by atoms with Crippen molar-refractivity contribution in [1.82, 2.24) is 4.98 Å². The second-order valence-corrected chi connectivity index (χ2v) is 2.89. The topological polar surface area (TPSA) is 50.2 Å². The summed E-state index contributed by atoms with van der Waals surface area (Å²) in [5.74, 6) is 0. The molecule has 0 aromatic carbocycles. The molecule has 70 valence electrons. The first-order chi connectivity index (χ1) is 6.36. The molecule has 0 amide bonds. The molecule has 0 aliphatic carbocycles. The van der Waals surface area contributed by atoms with Crippen LogP contribution in [0.15, 0.2) is 18.3 Å². The summed E-state index contributed by atoms with van der Waals surface area (Å²) in [6.07, 6.45) is 5.02. The highest BCUT2D eigenvalue weighted by Crippen LogP contribution is 2.04. The van der Waals surface area contributed by atoms with Gasteiger partial charge < -0.3 is 5.11 Å². The van der Waals surface area contributed by atoms with Crippen LogP contribution in [0, 0.1) is 0 Å². The number of hydrogen-bond acceptors (Lipinski definition) is 3. The number of pyridine rings is 1. The quantitative estimate of drug-likeness (QED) is 0.546. The molecule has 1 aromatic heterocycles. The second kappa shape index (κ2) is 5.43. The maximum Gasteiger partial charge on any atom is 0.168 e. The van der Waals surface area contributed by atoms with E-state index in [4.69, 9.17) is 5.11 Å². The molecule has 0 saturated heterocycles. The number of nitrogens with zero attached hydrogens (tertiary/aromatic N) is 1. The summed E-state index contributed by atoms with van der Waals surface area (Å²) in [6.45, 7) is 0.228. The molecule has 0 fully saturated rings. The summed E-state index contributed by atoms with van der Waals surface area (Å²) in [5, 5.41) is 8.58. The SMILES string of the molecule is O=Cc1cc(CCCCO)ccn1. The lowest BCUT2D eigenvalue weighted by atomic mass is 10.1. The third kappa shape index (κ3) is 3.34. The number of hydrogen-bond donors (Lipinski definition) is 1. The molecule has 0 spiro atoms. The molecule has 1 N–H and O–H groups in total. The molecule has 0 bridgehead atoms. The smallest absolute Gasteiger partial charge is 0.168 e. The molecule has 0 radical (unpaired) electrons. The van der Waals surface area contributed by atoms with Gasteiger partial charge in [-0.15, -0.1) is 0 Å². The van der Waals surface area contributed by atoms with Crippen LogP contribution in [0.3, 0.4) is 0 Å². The van der Waals surface area contributed by atoms with Gasteiger partial charge >= 0.3 is 0 Å². The maximum atomic E-state index is 10.4. The van der Waals surface area contributed by atoms with Gasteiger partial charge in [0.15, 0.2) is 6.29 Å². The summed E-state index contributed by atoms with van der Waals surface area (Å²) < 4.78 is 0. The van der Waals surface area contributed by atoms with Crippen molar-refractivity contribution < 1.29 is 9.90 Å². The van der Waals surface area contributed by atoms with Crippen molar-refractivity contribution in [2.75, 3.05) is 6.61 Å². The van der Waals surface area contributed by atoms with Gasteiger partial charge in [-0.05, 0) is 37.0 Å². The number of aliphatic hydroxyl groups is 1. The van der Waals surface area contributed by atoms with Gasteiger partial charge in [-0.2, -0.15) is 0 Å². The predicted molar refractivity (Wildman–Crippen MR) is 49.6 cm³/mol. The van der Waals surface area contributed by atoms with Crippen LogP contribution in [-0.4, -0.2) is 23.0 Å². The fraction of sp³-hybridized carbons (Fsp3) is 0.400. The van der Waals surface area contributed by atoms with E-state index in [1.165, 1.54) is 0 Å². The van der Waals surface area contributed by atoms with Gasteiger partial charge in [0.05, 0.1) is 0 Å². The molecule has 13 heavy (non-hydrogen) atoms. The minimum absolute atomic E-state index is 0.228. The fourth-order valence-corrected chi connectivity index (χ4v) is 1.16. The van der Waals surface area contributed by atoms with Crippen LogP contribution in [0.1, 0.15) is 28.9 Å². The maximum absolute atomic E-state index is 10.4. The Morgan fingerprint density at radius 1 is 1.46 bits per heavy atom. The van der Waals surface area contributed by atoms with E-state index < -0.39 is 0 Å². The van der Waals surface area contributed by atoms with Gasteiger partial charge in [0.1, 0.15) is 5.69 Å². The Labute approximate surface area is 77.4 Å². The fourth-order valence-electron chi connectivity index (χ4n) is 1.16. The van der Waals surface area contributed by atoms with Crippen molar-refractivity contribution in [3.8, 4) is 0 Å². The third-order valence-electron chi connectivity index (χ3n) is 1.84. The van der Waals surface area contributed by atoms with Gasteiger partial charge in [-0.25, -0.2) is 0 Å². The standard InChI is InChI=1S/C10H13NO2/c12-6-2-1-3-9-4-5-11-10(7-9)8-13/h4-5,7-8,12H,1-3,6H2. The Morgan fingerprint density at radius 3 is 3.00 bits per heavy atom. The van der Waals surface area contributed by atoms with E-state index in [2.05, 4.69) is 4.98 Å². The average Bonchev–Trinajstić information content (AvgIpc) is 2.19. The number of aryl methyl sites for hydroxylation is 1. The number of aliphatic hydroxyl groups excluding tert-OH is 1. The van der Waals surface area contributed by atoms with E-state index in [1.807, 2.05) is 6.07 Å². The molecule has 3 heteroatoms. The van der Waals surface area contributed by atoms with E-state index in [1.54, 1.807) is 12.3 Å². The Kier molecular flexibility index (Phi) is 4.12. The lowest BCUT2D eigenvalue weighted by molar-refractivity contribution is 0.111. The summed E-state index contributed by atoms with van der Waals surface area (Å²) in [5.41, 5.74) is 1.58. The van der Waals surface area contributed by atoms with Crippen LogP contribution in [-0.2, 0) is 6.42 Å². The van der Waals surface area contributed by atoms with Crippen molar-refractivity contribution in [1.29, 1.82) is 0 Å². The molecule has 1 aromatic rings. The highest BCUT2D eigenvalue weighted by atomic mass is 16.2. The predicted octanol–water partition coefficient (Wildman–Crippen LogP) is 1.21. The van der Waals surface area contributed by atoms with Gasteiger partial charge in [0.25, 0.3) is 0 Å². The zero-order chi connectivity index (χ0) is 9.52. The van der Waals surface area contributed by atoms with E-state index >= 15 is 0 Å². The minimum Gasteiger partial charge on any atom is -0.396 e. The van der Waals surface area contributed by atoms with Gasteiger partial charge in [-0.3, -0.25) is 9.78 Å².